The molecule has 0 saturated carbocycles. The molecule has 0 radical (unpaired) electrons. The highest BCUT2D eigenvalue weighted by molar-refractivity contribution is 6.33. The molecule has 1 aromatic carbocycles. The fraction of sp³-hybridized carbons (Fsp3) is 0.154. The number of pyridine rings is 1. The van der Waals surface area contributed by atoms with E-state index in [9.17, 15) is 4.39 Å². The second kappa shape index (κ2) is 5.08. The minimum absolute atomic E-state index is 0.369. The summed E-state index contributed by atoms with van der Waals surface area (Å²) in [6, 6.07) is 9.42. The number of rotatable bonds is 3. The molecule has 0 spiro atoms. The van der Waals surface area contributed by atoms with Crippen LogP contribution in [0, 0.1) is 0 Å². The number of aromatic nitrogens is 1. The van der Waals surface area contributed by atoms with Crippen LogP contribution in [-0.2, 0) is 6.42 Å². The van der Waals surface area contributed by atoms with Gasteiger partial charge in [-0.3, -0.25) is 9.37 Å². The molecule has 2 aromatic rings. The Labute approximate surface area is 98.9 Å². The molecule has 0 aliphatic rings. The summed E-state index contributed by atoms with van der Waals surface area (Å²) >= 11 is 6.12. The fourth-order valence-electron chi connectivity index (χ4n) is 1.67. The van der Waals surface area contributed by atoms with Gasteiger partial charge in [0.25, 0.3) is 0 Å². The van der Waals surface area contributed by atoms with Gasteiger partial charge in [-0.15, -0.1) is 0 Å². The van der Waals surface area contributed by atoms with Crippen LogP contribution in [0.5, 0.6) is 0 Å². The van der Waals surface area contributed by atoms with E-state index in [0.29, 0.717) is 11.4 Å². The van der Waals surface area contributed by atoms with Crippen molar-refractivity contribution in [2.75, 3.05) is 6.67 Å². The standard InChI is InChI=1S/C13H11ClFN/c14-13-4-2-1-3-12(13)11-6-8-16-9-10(11)5-7-15/h1-4,6,8-9H,5,7H2. The topological polar surface area (TPSA) is 12.9 Å². The van der Waals surface area contributed by atoms with Crippen molar-refractivity contribution in [3.05, 3.63) is 53.3 Å². The molecule has 2 rings (SSSR count). The molecule has 3 heteroatoms. The first-order chi connectivity index (χ1) is 7.83. The minimum Gasteiger partial charge on any atom is -0.264 e. The monoisotopic (exact) mass is 235 g/mol. The predicted octanol–water partition coefficient (Wildman–Crippen LogP) is 3.91. The second-order valence-corrected chi connectivity index (χ2v) is 3.86. The molecule has 1 aromatic heterocycles. The quantitative estimate of drug-likeness (QED) is 0.786. The molecular weight excluding hydrogens is 225 g/mol. The summed E-state index contributed by atoms with van der Waals surface area (Å²) < 4.78 is 12.4. The molecule has 0 unspecified atom stereocenters. The number of hydrogen-bond acceptors (Lipinski definition) is 1. The van der Waals surface area contributed by atoms with Crippen LogP contribution >= 0.6 is 11.6 Å². The van der Waals surface area contributed by atoms with E-state index < -0.39 is 0 Å². The number of nitrogens with zero attached hydrogens (tertiary/aromatic N) is 1. The normalized spacial score (nSPS) is 10.4. The third kappa shape index (κ3) is 2.22. The maximum absolute atomic E-state index is 12.4. The third-order valence-corrected chi connectivity index (χ3v) is 2.76. The summed E-state index contributed by atoms with van der Waals surface area (Å²) in [5, 5.41) is 0.675. The first-order valence-electron chi connectivity index (χ1n) is 5.06. The van der Waals surface area contributed by atoms with E-state index in [1.165, 1.54) is 0 Å². The molecule has 0 aliphatic heterocycles. The lowest BCUT2D eigenvalue weighted by Crippen LogP contribution is -1.93. The van der Waals surface area contributed by atoms with Gasteiger partial charge in [0.15, 0.2) is 0 Å². The molecule has 0 saturated heterocycles. The van der Waals surface area contributed by atoms with Gasteiger partial charge in [-0.05, 0) is 23.3 Å². The van der Waals surface area contributed by atoms with E-state index in [2.05, 4.69) is 4.98 Å². The van der Waals surface area contributed by atoms with E-state index in [-0.39, 0.29) is 6.67 Å². The Morgan fingerprint density at radius 1 is 1.12 bits per heavy atom. The number of hydrogen-bond donors (Lipinski definition) is 0. The second-order valence-electron chi connectivity index (χ2n) is 3.45. The maximum Gasteiger partial charge on any atom is 0.0935 e. The summed E-state index contributed by atoms with van der Waals surface area (Å²) in [6.07, 6.45) is 3.76. The zero-order valence-corrected chi connectivity index (χ0v) is 9.41. The number of aryl methyl sites for hydroxylation is 1. The predicted molar refractivity (Wildman–Crippen MR) is 64.4 cm³/mol. The summed E-state index contributed by atoms with van der Waals surface area (Å²) in [4.78, 5) is 4.01. The number of halogens is 2. The van der Waals surface area contributed by atoms with Crippen LogP contribution in [0.1, 0.15) is 5.56 Å². The zero-order chi connectivity index (χ0) is 11.4. The van der Waals surface area contributed by atoms with Crippen LogP contribution in [0.15, 0.2) is 42.7 Å². The lowest BCUT2D eigenvalue weighted by atomic mass is 10.0. The van der Waals surface area contributed by atoms with Crippen molar-refractivity contribution in [1.82, 2.24) is 4.98 Å². The molecule has 16 heavy (non-hydrogen) atoms. The molecule has 0 bridgehead atoms. The van der Waals surface area contributed by atoms with E-state index in [1.54, 1.807) is 12.4 Å². The molecule has 0 aliphatic carbocycles. The molecule has 82 valence electrons. The van der Waals surface area contributed by atoms with Gasteiger partial charge in [0.1, 0.15) is 0 Å². The number of benzene rings is 1. The third-order valence-electron chi connectivity index (χ3n) is 2.43. The largest absolute Gasteiger partial charge is 0.264 e. The van der Waals surface area contributed by atoms with Gasteiger partial charge < -0.3 is 0 Å². The van der Waals surface area contributed by atoms with Crippen molar-refractivity contribution in [3.63, 3.8) is 0 Å². The lowest BCUT2D eigenvalue weighted by Gasteiger charge is -2.08. The van der Waals surface area contributed by atoms with Gasteiger partial charge in [0, 0.05) is 29.4 Å². The Kier molecular flexibility index (Phi) is 3.52. The minimum atomic E-state index is -0.386. The van der Waals surface area contributed by atoms with Crippen molar-refractivity contribution in [1.29, 1.82) is 0 Å². The van der Waals surface area contributed by atoms with Gasteiger partial charge >= 0.3 is 0 Å². The summed E-state index contributed by atoms with van der Waals surface area (Å²) in [7, 11) is 0. The van der Waals surface area contributed by atoms with Crippen LogP contribution in [-0.4, -0.2) is 11.7 Å². The van der Waals surface area contributed by atoms with Crippen LogP contribution in [0.3, 0.4) is 0 Å². The molecule has 0 atom stereocenters. The molecular formula is C13H11ClFN. The van der Waals surface area contributed by atoms with Gasteiger partial charge in [0.05, 0.1) is 6.67 Å². The van der Waals surface area contributed by atoms with Gasteiger partial charge in [0.2, 0.25) is 0 Å². The van der Waals surface area contributed by atoms with Crippen molar-refractivity contribution in [2.45, 2.75) is 6.42 Å². The zero-order valence-electron chi connectivity index (χ0n) is 8.66. The molecule has 1 nitrogen and oxygen atoms in total. The molecule has 0 fully saturated rings. The van der Waals surface area contributed by atoms with Gasteiger partial charge in [-0.1, -0.05) is 29.8 Å². The average molecular weight is 236 g/mol. The van der Waals surface area contributed by atoms with Crippen molar-refractivity contribution in [2.24, 2.45) is 0 Å². The highest BCUT2D eigenvalue weighted by Gasteiger charge is 2.07. The van der Waals surface area contributed by atoms with Crippen molar-refractivity contribution < 1.29 is 4.39 Å². The van der Waals surface area contributed by atoms with Crippen molar-refractivity contribution in [3.8, 4) is 11.1 Å². The van der Waals surface area contributed by atoms with Crippen LogP contribution in [0.2, 0.25) is 5.02 Å². The van der Waals surface area contributed by atoms with Gasteiger partial charge in [-0.25, -0.2) is 0 Å². The van der Waals surface area contributed by atoms with E-state index >= 15 is 0 Å². The molecule has 1 heterocycles. The first kappa shape index (κ1) is 11.1. The Bertz CT molecular complexity index is 485. The Hall–Kier alpha value is -1.41. The molecule has 0 N–H and O–H groups in total. The highest BCUT2D eigenvalue weighted by atomic mass is 35.5. The Balaban J connectivity index is 2.51. The number of alkyl halides is 1. The molecule has 0 amide bonds. The van der Waals surface area contributed by atoms with Crippen LogP contribution < -0.4 is 0 Å². The average Bonchev–Trinajstić information content (AvgIpc) is 2.31. The van der Waals surface area contributed by atoms with Crippen LogP contribution in [0.4, 0.5) is 4.39 Å². The Morgan fingerprint density at radius 3 is 2.69 bits per heavy atom. The smallest absolute Gasteiger partial charge is 0.0935 e. The summed E-state index contributed by atoms with van der Waals surface area (Å²) in [5.41, 5.74) is 2.77. The highest BCUT2D eigenvalue weighted by Crippen LogP contribution is 2.29. The lowest BCUT2D eigenvalue weighted by molar-refractivity contribution is 0.495. The summed E-state index contributed by atoms with van der Waals surface area (Å²) in [6.45, 7) is -0.386. The Morgan fingerprint density at radius 2 is 1.94 bits per heavy atom. The van der Waals surface area contributed by atoms with Gasteiger partial charge in [-0.2, -0.15) is 0 Å². The summed E-state index contributed by atoms with van der Waals surface area (Å²) in [5.74, 6) is 0. The first-order valence-corrected chi connectivity index (χ1v) is 5.44. The SMILES string of the molecule is FCCc1cnccc1-c1ccccc1Cl. The fourth-order valence-corrected chi connectivity index (χ4v) is 1.91. The van der Waals surface area contributed by atoms with E-state index in [0.717, 1.165) is 16.7 Å². The van der Waals surface area contributed by atoms with Crippen molar-refractivity contribution >= 4 is 11.6 Å². The maximum atomic E-state index is 12.4. The van der Waals surface area contributed by atoms with Crippen LogP contribution in [0.25, 0.3) is 11.1 Å². The van der Waals surface area contributed by atoms with E-state index in [1.807, 2.05) is 30.3 Å². The van der Waals surface area contributed by atoms with E-state index in [4.69, 9.17) is 11.6 Å².